The lowest BCUT2D eigenvalue weighted by Gasteiger charge is -2.08. The molecule has 1 N–H and O–H groups in total. The summed E-state index contributed by atoms with van der Waals surface area (Å²) in [5.74, 6) is 0.711. The molecule has 0 aliphatic carbocycles. The minimum absolute atomic E-state index is 0.108. The molecule has 0 fully saturated rings. The number of carbonyl (C=O) groups excluding carboxylic acids is 1. The smallest absolute Gasteiger partial charge is 0.255 e. The first-order valence-electron chi connectivity index (χ1n) is 8.99. The molecule has 4 heteroatoms. The topological polar surface area (TPSA) is 38.3 Å². The van der Waals surface area contributed by atoms with Crippen LogP contribution >= 0.6 is 22.6 Å². The minimum Gasteiger partial charge on any atom is -0.494 e. The van der Waals surface area contributed by atoms with E-state index >= 15 is 0 Å². The van der Waals surface area contributed by atoms with Crippen molar-refractivity contribution in [3.05, 3.63) is 57.7 Å². The first-order chi connectivity index (χ1) is 12.2. The fourth-order valence-electron chi connectivity index (χ4n) is 2.51. The Morgan fingerprint density at radius 1 is 0.920 bits per heavy atom. The lowest BCUT2D eigenvalue weighted by molar-refractivity contribution is 0.102. The number of unbranched alkanes of at least 4 members (excludes halogenated alkanes) is 5. The zero-order valence-electron chi connectivity index (χ0n) is 14.8. The Bertz CT molecular complexity index is 638. The lowest BCUT2D eigenvalue weighted by Crippen LogP contribution is -2.11. The molecule has 0 aromatic heterocycles. The maximum absolute atomic E-state index is 12.2. The average molecular weight is 451 g/mol. The highest BCUT2D eigenvalue weighted by atomic mass is 127. The van der Waals surface area contributed by atoms with Crippen molar-refractivity contribution in [1.29, 1.82) is 0 Å². The zero-order valence-corrected chi connectivity index (χ0v) is 16.9. The first kappa shape index (κ1) is 19.8. The number of hydrogen-bond acceptors (Lipinski definition) is 2. The summed E-state index contributed by atoms with van der Waals surface area (Å²) in [4.78, 5) is 12.2. The molecule has 0 heterocycles. The van der Waals surface area contributed by atoms with Crippen LogP contribution in [0.15, 0.2) is 48.5 Å². The quantitative estimate of drug-likeness (QED) is 0.341. The van der Waals surface area contributed by atoms with Crippen LogP contribution in [-0.4, -0.2) is 12.5 Å². The van der Waals surface area contributed by atoms with Gasteiger partial charge in [-0.15, -0.1) is 0 Å². The monoisotopic (exact) mass is 451 g/mol. The summed E-state index contributed by atoms with van der Waals surface area (Å²) in [7, 11) is 0. The summed E-state index contributed by atoms with van der Waals surface area (Å²) in [5, 5.41) is 2.90. The molecular weight excluding hydrogens is 425 g/mol. The lowest BCUT2D eigenvalue weighted by atomic mass is 10.1. The Hall–Kier alpha value is -1.56. The van der Waals surface area contributed by atoms with Crippen molar-refractivity contribution >= 4 is 34.2 Å². The molecule has 25 heavy (non-hydrogen) atoms. The van der Waals surface area contributed by atoms with E-state index in [-0.39, 0.29) is 5.91 Å². The maximum Gasteiger partial charge on any atom is 0.255 e. The Kier molecular flexibility index (Phi) is 8.80. The number of amides is 1. The molecule has 3 nitrogen and oxygen atoms in total. The molecule has 0 atom stereocenters. The molecule has 0 saturated carbocycles. The van der Waals surface area contributed by atoms with Gasteiger partial charge in [-0.2, -0.15) is 0 Å². The highest BCUT2D eigenvalue weighted by molar-refractivity contribution is 14.1. The third-order valence-corrected chi connectivity index (χ3v) is 4.70. The zero-order chi connectivity index (χ0) is 17.9. The van der Waals surface area contributed by atoms with Gasteiger partial charge in [0, 0.05) is 14.8 Å². The van der Waals surface area contributed by atoms with Gasteiger partial charge in [-0.05, 0) is 77.5 Å². The van der Waals surface area contributed by atoms with Crippen LogP contribution in [0.25, 0.3) is 0 Å². The van der Waals surface area contributed by atoms with E-state index < -0.39 is 0 Å². The highest BCUT2D eigenvalue weighted by Gasteiger charge is 2.06. The second-order valence-electron chi connectivity index (χ2n) is 6.10. The predicted molar refractivity (Wildman–Crippen MR) is 112 cm³/mol. The standard InChI is InChI=1S/C21H26INO2/c1-2-3-4-5-6-7-16-25-20-14-8-17(9-15-20)21(24)23-19-12-10-18(22)11-13-19/h8-15H,2-7,16H2,1H3,(H,23,24). The Morgan fingerprint density at radius 2 is 1.56 bits per heavy atom. The van der Waals surface area contributed by atoms with Crippen molar-refractivity contribution in [3.8, 4) is 5.75 Å². The van der Waals surface area contributed by atoms with Gasteiger partial charge in [-0.3, -0.25) is 4.79 Å². The van der Waals surface area contributed by atoms with Gasteiger partial charge in [0.2, 0.25) is 0 Å². The third-order valence-electron chi connectivity index (χ3n) is 3.99. The summed E-state index contributed by atoms with van der Waals surface area (Å²) in [5.41, 5.74) is 1.43. The molecule has 0 unspecified atom stereocenters. The van der Waals surface area contributed by atoms with Gasteiger partial charge in [0.25, 0.3) is 5.91 Å². The molecule has 134 valence electrons. The summed E-state index contributed by atoms with van der Waals surface area (Å²) >= 11 is 2.24. The van der Waals surface area contributed by atoms with E-state index in [0.29, 0.717) is 5.56 Å². The highest BCUT2D eigenvalue weighted by Crippen LogP contribution is 2.16. The van der Waals surface area contributed by atoms with Gasteiger partial charge in [0.05, 0.1) is 6.61 Å². The summed E-state index contributed by atoms with van der Waals surface area (Å²) in [6.45, 7) is 2.97. The number of rotatable bonds is 10. The number of anilines is 1. The maximum atomic E-state index is 12.2. The molecule has 0 aliphatic rings. The van der Waals surface area contributed by atoms with Gasteiger partial charge >= 0.3 is 0 Å². The SMILES string of the molecule is CCCCCCCCOc1ccc(C(=O)Nc2ccc(I)cc2)cc1. The molecular formula is C21H26INO2. The fraction of sp³-hybridized carbons (Fsp3) is 0.381. The van der Waals surface area contributed by atoms with E-state index in [2.05, 4.69) is 34.8 Å². The van der Waals surface area contributed by atoms with Crippen molar-refractivity contribution in [1.82, 2.24) is 0 Å². The average Bonchev–Trinajstić information content (AvgIpc) is 2.63. The largest absolute Gasteiger partial charge is 0.494 e. The van der Waals surface area contributed by atoms with Gasteiger partial charge in [0.1, 0.15) is 5.75 Å². The second-order valence-corrected chi connectivity index (χ2v) is 7.35. The van der Waals surface area contributed by atoms with Gasteiger partial charge in [-0.1, -0.05) is 39.0 Å². The molecule has 2 aromatic carbocycles. The molecule has 2 rings (SSSR count). The van der Waals surface area contributed by atoms with Crippen LogP contribution in [0, 0.1) is 3.57 Å². The van der Waals surface area contributed by atoms with Crippen molar-refractivity contribution < 1.29 is 9.53 Å². The number of hydrogen-bond donors (Lipinski definition) is 1. The molecule has 0 radical (unpaired) electrons. The number of nitrogens with one attached hydrogen (secondary N) is 1. The Morgan fingerprint density at radius 3 is 2.24 bits per heavy atom. The Balaban J connectivity index is 1.73. The van der Waals surface area contributed by atoms with Crippen LogP contribution in [0.5, 0.6) is 5.75 Å². The third kappa shape index (κ3) is 7.46. The van der Waals surface area contributed by atoms with E-state index in [4.69, 9.17) is 4.74 Å². The molecule has 0 aliphatic heterocycles. The van der Waals surface area contributed by atoms with Crippen LogP contribution < -0.4 is 10.1 Å². The van der Waals surface area contributed by atoms with E-state index in [1.165, 1.54) is 32.1 Å². The van der Waals surface area contributed by atoms with E-state index in [0.717, 1.165) is 28.0 Å². The normalized spacial score (nSPS) is 10.5. The Labute approximate surface area is 164 Å². The minimum atomic E-state index is -0.108. The van der Waals surface area contributed by atoms with Crippen molar-refractivity contribution in [3.63, 3.8) is 0 Å². The van der Waals surface area contributed by atoms with E-state index in [1.807, 2.05) is 36.4 Å². The molecule has 0 bridgehead atoms. The van der Waals surface area contributed by atoms with Crippen molar-refractivity contribution in [2.24, 2.45) is 0 Å². The summed E-state index contributed by atoms with van der Waals surface area (Å²) < 4.78 is 6.89. The van der Waals surface area contributed by atoms with Crippen molar-refractivity contribution in [2.45, 2.75) is 45.4 Å². The fourth-order valence-corrected chi connectivity index (χ4v) is 2.87. The van der Waals surface area contributed by atoms with Gasteiger partial charge in [-0.25, -0.2) is 0 Å². The van der Waals surface area contributed by atoms with Crippen molar-refractivity contribution in [2.75, 3.05) is 11.9 Å². The second kappa shape index (κ2) is 11.1. The number of carbonyl (C=O) groups is 1. The van der Waals surface area contributed by atoms with Crippen LogP contribution in [0.4, 0.5) is 5.69 Å². The molecule has 1 amide bonds. The van der Waals surface area contributed by atoms with Gasteiger partial charge < -0.3 is 10.1 Å². The molecule has 2 aromatic rings. The molecule has 0 saturated heterocycles. The molecule has 0 spiro atoms. The summed E-state index contributed by atoms with van der Waals surface area (Å²) in [6.07, 6.45) is 7.51. The first-order valence-corrected chi connectivity index (χ1v) is 10.1. The predicted octanol–water partition coefficient (Wildman–Crippen LogP) is 6.28. The number of benzene rings is 2. The van der Waals surface area contributed by atoms with E-state index in [1.54, 1.807) is 12.1 Å². The van der Waals surface area contributed by atoms with Crippen LogP contribution in [0.3, 0.4) is 0 Å². The summed E-state index contributed by atoms with van der Waals surface area (Å²) in [6, 6.07) is 15.1. The van der Waals surface area contributed by atoms with E-state index in [9.17, 15) is 4.79 Å². The van der Waals surface area contributed by atoms with Crippen LogP contribution in [-0.2, 0) is 0 Å². The van der Waals surface area contributed by atoms with Gasteiger partial charge in [0.15, 0.2) is 0 Å². The number of halogens is 1. The number of ether oxygens (including phenoxy) is 1. The van der Waals surface area contributed by atoms with Crippen LogP contribution in [0.1, 0.15) is 55.8 Å². The van der Waals surface area contributed by atoms with Crippen LogP contribution in [0.2, 0.25) is 0 Å².